The maximum atomic E-state index is 2.61. The molecule has 2 heteroatoms. The summed E-state index contributed by atoms with van der Waals surface area (Å²) < 4.78 is 0. The van der Waals surface area contributed by atoms with E-state index < -0.39 is 0 Å². The Kier molecular flexibility index (Phi) is 17.6. The maximum absolute atomic E-state index is 2.61. The number of para-hydroxylation sites is 1. The lowest BCUT2D eigenvalue weighted by Crippen LogP contribution is -2.39. The van der Waals surface area contributed by atoms with Gasteiger partial charge in [-0.25, -0.2) is 0 Å². The molecule has 0 radical (unpaired) electrons. The van der Waals surface area contributed by atoms with Gasteiger partial charge in [-0.15, -0.1) is 0 Å². The number of anilines is 1. The van der Waals surface area contributed by atoms with Crippen molar-refractivity contribution in [3.63, 3.8) is 0 Å². The van der Waals surface area contributed by atoms with Crippen molar-refractivity contribution in [2.24, 2.45) is 0 Å². The number of nitrogens with zero attached hydrogens (tertiary/aromatic N) is 2. The standard InChI is InChI=1S/C33H58N2/c1-3-5-7-8-9-10-11-12-13-14-15-16-17-18-19-20-25-29-34-30-31-35(32-26-23-21-24-27-32)33(34)28-22-6-4-2/h21,23-24,26-27,30-31,33H,3-20,22,25,28-29H2,1-2H3. The molecule has 1 atom stereocenters. The highest BCUT2D eigenvalue weighted by Crippen LogP contribution is 2.28. The first-order valence-corrected chi connectivity index (χ1v) is 15.6. The topological polar surface area (TPSA) is 6.48 Å². The highest BCUT2D eigenvalue weighted by atomic mass is 15.4. The molecule has 1 heterocycles. The van der Waals surface area contributed by atoms with Crippen LogP contribution in [0, 0.1) is 0 Å². The quantitative estimate of drug-likeness (QED) is 0.143. The highest BCUT2D eigenvalue weighted by molar-refractivity contribution is 5.51. The van der Waals surface area contributed by atoms with Gasteiger partial charge in [0.1, 0.15) is 6.17 Å². The van der Waals surface area contributed by atoms with Crippen LogP contribution in [0.15, 0.2) is 42.7 Å². The van der Waals surface area contributed by atoms with Gasteiger partial charge in [0.2, 0.25) is 0 Å². The Balaban J connectivity index is 1.45. The van der Waals surface area contributed by atoms with Crippen molar-refractivity contribution in [3.8, 4) is 0 Å². The Bertz CT molecular complexity index is 611. The third-order valence-corrected chi connectivity index (χ3v) is 7.76. The van der Waals surface area contributed by atoms with E-state index in [1.54, 1.807) is 0 Å². The van der Waals surface area contributed by atoms with E-state index >= 15 is 0 Å². The maximum Gasteiger partial charge on any atom is 0.105 e. The lowest BCUT2D eigenvalue weighted by atomic mass is 10.0. The molecule has 1 unspecified atom stereocenters. The molecule has 1 aromatic rings. The predicted molar refractivity (Wildman–Crippen MR) is 157 cm³/mol. The Morgan fingerprint density at radius 2 is 0.971 bits per heavy atom. The molecule has 0 bridgehead atoms. The van der Waals surface area contributed by atoms with Gasteiger partial charge in [-0.1, -0.05) is 148 Å². The number of hydrogen-bond donors (Lipinski definition) is 0. The largest absolute Gasteiger partial charge is 0.356 e. The van der Waals surface area contributed by atoms with E-state index in [0.717, 1.165) is 0 Å². The van der Waals surface area contributed by atoms with Crippen molar-refractivity contribution in [2.75, 3.05) is 11.4 Å². The molecule has 35 heavy (non-hydrogen) atoms. The molecule has 0 spiro atoms. The summed E-state index contributed by atoms with van der Waals surface area (Å²) in [7, 11) is 0. The third-order valence-electron chi connectivity index (χ3n) is 7.76. The lowest BCUT2D eigenvalue weighted by molar-refractivity contribution is 0.273. The summed E-state index contributed by atoms with van der Waals surface area (Å²) in [5.41, 5.74) is 1.33. The normalized spacial score (nSPS) is 15.4. The molecule has 0 N–H and O–H groups in total. The fourth-order valence-electron chi connectivity index (χ4n) is 5.50. The Morgan fingerprint density at radius 3 is 1.49 bits per heavy atom. The number of benzene rings is 1. The summed E-state index contributed by atoms with van der Waals surface area (Å²) in [6.07, 6.45) is 34.8. The van der Waals surface area contributed by atoms with Crippen LogP contribution in [0.5, 0.6) is 0 Å². The van der Waals surface area contributed by atoms with Crippen molar-refractivity contribution in [2.45, 2.75) is 155 Å². The van der Waals surface area contributed by atoms with Crippen LogP contribution in [0.4, 0.5) is 5.69 Å². The van der Waals surface area contributed by atoms with E-state index in [-0.39, 0.29) is 0 Å². The molecule has 0 amide bonds. The van der Waals surface area contributed by atoms with Crippen molar-refractivity contribution in [1.82, 2.24) is 4.90 Å². The van der Waals surface area contributed by atoms with E-state index in [9.17, 15) is 0 Å². The van der Waals surface area contributed by atoms with Crippen LogP contribution in [-0.4, -0.2) is 17.6 Å². The van der Waals surface area contributed by atoms with Crippen molar-refractivity contribution in [1.29, 1.82) is 0 Å². The summed E-state index contributed by atoms with van der Waals surface area (Å²) in [6, 6.07) is 10.9. The second-order valence-corrected chi connectivity index (χ2v) is 10.9. The molecule has 1 aliphatic rings. The van der Waals surface area contributed by atoms with Gasteiger partial charge in [0.15, 0.2) is 0 Å². The number of rotatable bonds is 23. The summed E-state index contributed by atoms with van der Waals surface area (Å²) in [5, 5.41) is 0. The number of unbranched alkanes of at least 4 members (excludes halogenated alkanes) is 18. The van der Waals surface area contributed by atoms with Gasteiger partial charge < -0.3 is 9.80 Å². The van der Waals surface area contributed by atoms with E-state index in [0.29, 0.717) is 6.17 Å². The van der Waals surface area contributed by atoms with Crippen LogP contribution < -0.4 is 4.90 Å². The van der Waals surface area contributed by atoms with Crippen molar-refractivity contribution >= 4 is 5.69 Å². The monoisotopic (exact) mass is 482 g/mol. The molecule has 0 saturated heterocycles. The van der Waals surface area contributed by atoms with E-state index in [1.807, 2.05) is 0 Å². The fraction of sp³-hybridized carbons (Fsp3) is 0.758. The number of hydrogen-bond acceptors (Lipinski definition) is 2. The van der Waals surface area contributed by atoms with Crippen LogP contribution >= 0.6 is 0 Å². The van der Waals surface area contributed by atoms with Gasteiger partial charge >= 0.3 is 0 Å². The average molecular weight is 483 g/mol. The molecule has 2 nitrogen and oxygen atoms in total. The predicted octanol–water partition coefficient (Wildman–Crippen LogP) is 10.8. The minimum absolute atomic E-state index is 0.505. The first-order valence-electron chi connectivity index (χ1n) is 15.6. The summed E-state index contributed by atoms with van der Waals surface area (Å²) in [4.78, 5) is 5.09. The zero-order chi connectivity index (χ0) is 24.8. The Labute approximate surface area is 219 Å². The van der Waals surface area contributed by atoms with Gasteiger partial charge in [-0.05, 0) is 31.4 Å². The first-order chi connectivity index (χ1) is 17.4. The van der Waals surface area contributed by atoms with Crippen LogP contribution in [0.2, 0.25) is 0 Å². The molecular weight excluding hydrogens is 424 g/mol. The van der Waals surface area contributed by atoms with Gasteiger partial charge in [0.25, 0.3) is 0 Å². The van der Waals surface area contributed by atoms with Crippen LogP contribution in [0.1, 0.15) is 149 Å². The average Bonchev–Trinajstić information content (AvgIpc) is 3.29. The highest BCUT2D eigenvalue weighted by Gasteiger charge is 2.26. The zero-order valence-corrected chi connectivity index (χ0v) is 23.6. The van der Waals surface area contributed by atoms with E-state index in [4.69, 9.17) is 0 Å². The summed E-state index contributed by atoms with van der Waals surface area (Å²) in [6.45, 7) is 5.81. The van der Waals surface area contributed by atoms with Gasteiger partial charge in [0, 0.05) is 24.6 Å². The zero-order valence-electron chi connectivity index (χ0n) is 23.6. The molecule has 1 aromatic carbocycles. The third kappa shape index (κ3) is 13.4. The SMILES string of the molecule is CCCCCCCCCCCCCCCCCCCN1C=CN(c2ccccc2)C1CCCCC. The molecule has 0 saturated carbocycles. The van der Waals surface area contributed by atoms with Crippen molar-refractivity contribution < 1.29 is 0 Å². The molecule has 0 aromatic heterocycles. The van der Waals surface area contributed by atoms with Gasteiger partial charge in [-0.3, -0.25) is 0 Å². The van der Waals surface area contributed by atoms with Crippen LogP contribution in [-0.2, 0) is 0 Å². The second-order valence-electron chi connectivity index (χ2n) is 10.9. The molecular formula is C33H58N2. The smallest absolute Gasteiger partial charge is 0.105 e. The van der Waals surface area contributed by atoms with Crippen molar-refractivity contribution in [3.05, 3.63) is 42.7 Å². The molecule has 2 rings (SSSR count). The second kappa shape index (κ2) is 20.7. The first kappa shape index (κ1) is 29.8. The van der Waals surface area contributed by atoms with Crippen LogP contribution in [0.25, 0.3) is 0 Å². The minimum atomic E-state index is 0.505. The summed E-state index contributed by atoms with van der Waals surface area (Å²) in [5.74, 6) is 0. The molecule has 1 aliphatic heterocycles. The van der Waals surface area contributed by atoms with E-state index in [2.05, 4.69) is 66.4 Å². The Morgan fingerprint density at radius 1 is 0.514 bits per heavy atom. The van der Waals surface area contributed by atoms with Gasteiger partial charge in [0.05, 0.1) is 0 Å². The van der Waals surface area contributed by atoms with Crippen LogP contribution in [0.3, 0.4) is 0 Å². The minimum Gasteiger partial charge on any atom is -0.356 e. The Hall–Kier alpha value is -1.44. The summed E-state index contributed by atoms with van der Waals surface area (Å²) >= 11 is 0. The van der Waals surface area contributed by atoms with E-state index in [1.165, 1.54) is 147 Å². The van der Waals surface area contributed by atoms with Gasteiger partial charge in [-0.2, -0.15) is 0 Å². The fourth-order valence-corrected chi connectivity index (χ4v) is 5.50. The molecule has 0 fully saturated rings. The molecule has 200 valence electrons. The molecule has 0 aliphatic carbocycles. The lowest BCUT2D eigenvalue weighted by Gasteiger charge is -2.33.